The lowest BCUT2D eigenvalue weighted by atomic mass is 9.91. The Morgan fingerprint density at radius 1 is 1.17 bits per heavy atom. The number of amides is 3. The van der Waals surface area contributed by atoms with Crippen LogP contribution in [0.1, 0.15) is 18.3 Å². The quantitative estimate of drug-likeness (QED) is 0.400. The normalized spacial score (nSPS) is 18.7. The van der Waals surface area contributed by atoms with Crippen molar-refractivity contribution in [3.05, 3.63) is 76.1 Å². The largest absolute Gasteiger partial charge is 0.334 e. The number of nitro benzene ring substituents is 1. The smallest absolute Gasteiger partial charge is 0.325 e. The van der Waals surface area contributed by atoms with Gasteiger partial charge in [0.2, 0.25) is 0 Å². The summed E-state index contributed by atoms with van der Waals surface area (Å²) < 4.78 is 5.20. The predicted molar refractivity (Wildman–Crippen MR) is 99.3 cm³/mol. The SMILES string of the molecule is CC1(c2cccc([N+](=O)[O-])c2)NC(=O)N(Cc2noc(-c3ccccc3)n2)C1=O. The zero-order valence-electron chi connectivity index (χ0n) is 15.2. The van der Waals surface area contributed by atoms with Crippen LogP contribution in [0.15, 0.2) is 59.1 Å². The molecule has 29 heavy (non-hydrogen) atoms. The van der Waals surface area contributed by atoms with Crippen LogP contribution in [-0.4, -0.2) is 31.9 Å². The van der Waals surface area contributed by atoms with Crippen molar-refractivity contribution < 1.29 is 19.0 Å². The van der Waals surface area contributed by atoms with E-state index in [1.807, 2.05) is 18.2 Å². The molecule has 1 unspecified atom stereocenters. The fourth-order valence-electron chi connectivity index (χ4n) is 3.12. The summed E-state index contributed by atoms with van der Waals surface area (Å²) in [4.78, 5) is 41.1. The van der Waals surface area contributed by atoms with E-state index in [2.05, 4.69) is 15.5 Å². The first kappa shape index (κ1) is 18.3. The Kier molecular flexibility index (Phi) is 4.30. The van der Waals surface area contributed by atoms with Crippen molar-refractivity contribution in [3.63, 3.8) is 0 Å². The molecule has 1 saturated heterocycles. The molecule has 1 N–H and O–H groups in total. The molecule has 10 nitrogen and oxygen atoms in total. The second kappa shape index (κ2) is 6.82. The van der Waals surface area contributed by atoms with Crippen LogP contribution in [-0.2, 0) is 16.9 Å². The van der Waals surface area contributed by atoms with Crippen molar-refractivity contribution in [2.24, 2.45) is 0 Å². The summed E-state index contributed by atoms with van der Waals surface area (Å²) in [6, 6.07) is 14.0. The van der Waals surface area contributed by atoms with Gasteiger partial charge in [-0.25, -0.2) is 4.79 Å². The molecule has 3 aromatic rings. The highest BCUT2D eigenvalue weighted by Crippen LogP contribution is 2.31. The minimum atomic E-state index is -1.44. The van der Waals surface area contributed by atoms with Gasteiger partial charge >= 0.3 is 6.03 Å². The van der Waals surface area contributed by atoms with Crippen molar-refractivity contribution in [1.82, 2.24) is 20.4 Å². The van der Waals surface area contributed by atoms with Gasteiger partial charge in [0.25, 0.3) is 17.5 Å². The Morgan fingerprint density at radius 2 is 1.93 bits per heavy atom. The molecule has 1 atom stereocenters. The van der Waals surface area contributed by atoms with Crippen LogP contribution < -0.4 is 5.32 Å². The lowest BCUT2D eigenvalue weighted by Crippen LogP contribution is -2.40. The van der Waals surface area contributed by atoms with Gasteiger partial charge in [-0.3, -0.25) is 19.8 Å². The Hall–Kier alpha value is -4.08. The summed E-state index contributed by atoms with van der Waals surface area (Å²) in [5.41, 5.74) is -0.583. The Bertz CT molecular complexity index is 1110. The van der Waals surface area contributed by atoms with Gasteiger partial charge in [0.05, 0.1) is 11.5 Å². The van der Waals surface area contributed by atoms with E-state index in [9.17, 15) is 19.7 Å². The van der Waals surface area contributed by atoms with Gasteiger partial charge in [0.1, 0.15) is 5.54 Å². The number of carbonyl (C=O) groups is 2. The second-order valence-electron chi connectivity index (χ2n) is 6.64. The Morgan fingerprint density at radius 3 is 2.66 bits per heavy atom. The highest BCUT2D eigenvalue weighted by molar-refractivity contribution is 6.07. The van der Waals surface area contributed by atoms with Gasteiger partial charge in [0, 0.05) is 17.7 Å². The average Bonchev–Trinajstić information content (AvgIpc) is 3.28. The van der Waals surface area contributed by atoms with Gasteiger partial charge in [-0.2, -0.15) is 4.98 Å². The van der Waals surface area contributed by atoms with Crippen LogP contribution in [0, 0.1) is 10.1 Å². The number of rotatable bonds is 5. The summed E-state index contributed by atoms with van der Waals surface area (Å²) in [5, 5.41) is 17.5. The maximum atomic E-state index is 13.0. The van der Waals surface area contributed by atoms with Crippen molar-refractivity contribution >= 4 is 17.6 Å². The summed E-state index contributed by atoms with van der Waals surface area (Å²) in [6.07, 6.45) is 0. The first-order valence-corrected chi connectivity index (χ1v) is 8.65. The van der Waals surface area contributed by atoms with Crippen molar-refractivity contribution in [1.29, 1.82) is 0 Å². The molecule has 0 saturated carbocycles. The third-order valence-electron chi connectivity index (χ3n) is 4.70. The number of nitro groups is 1. The summed E-state index contributed by atoms with van der Waals surface area (Å²) in [6.45, 7) is 1.31. The highest BCUT2D eigenvalue weighted by atomic mass is 16.6. The van der Waals surface area contributed by atoms with Gasteiger partial charge in [-0.1, -0.05) is 35.5 Å². The van der Waals surface area contributed by atoms with E-state index in [1.54, 1.807) is 18.2 Å². The monoisotopic (exact) mass is 393 g/mol. The summed E-state index contributed by atoms with van der Waals surface area (Å²) in [7, 11) is 0. The second-order valence-corrected chi connectivity index (χ2v) is 6.64. The maximum Gasteiger partial charge on any atom is 0.325 e. The summed E-state index contributed by atoms with van der Waals surface area (Å²) in [5.74, 6) is -0.126. The molecule has 0 spiro atoms. The average molecular weight is 393 g/mol. The molecule has 0 aliphatic carbocycles. The molecule has 1 aliphatic rings. The number of non-ortho nitro benzene ring substituents is 1. The van der Waals surface area contributed by atoms with Crippen LogP contribution in [0.5, 0.6) is 0 Å². The molecule has 10 heteroatoms. The van der Waals surface area contributed by atoms with E-state index >= 15 is 0 Å². The predicted octanol–water partition coefficient (Wildman–Crippen LogP) is 2.61. The van der Waals surface area contributed by atoms with Gasteiger partial charge in [-0.15, -0.1) is 0 Å². The zero-order valence-corrected chi connectivity index (χ0v) is 15.2. The van der Waals surface area contributed by atoms with Crippen LogP contribution in [0.3, 0.4) is 0 Å². The van der Waals surface area contributed by atoms with Crippen molar-refractivity contribution in [2.75, 3.05) is 0 Å². The molecule has 1 fully saturated rings. The summed E-state index contributed by atoms with van der Waals surface area (Å²) >= 11 is 0. The fourth-order valence-corrected chi connectivity index (χ4v) is 3.12. The molecule has 2 heterocycles. The van der Waals surface area contributed by atoms with Gasteiger partial charge in [-0.05, 0) is 24.6 Å². The standard InChI is InChI=1S/C19H15N5O5/c1-19(13-8-5-9-14(10-13)24(27)28)17(25)23(18(26)21-19)11-15-20-16(29-22-15)12-6-3-2-4-7-12/h2-10H,11H2,1H3,(H,21,26). The van der Waals surface area contributed by atoms with E-state index in [-0.39, 0.29) is 23.9 Å². The van der Waals surface area contributed by atoms with E-state index in [0.717, 1.165) is 4.90 Å². The molecule has 146 valence electrons. The lowest BCUT2D eigenvalue weighted by molar-refractivity contribution is -0.385. The maximum absolute atomic E-state index is 13.0. The molecular weight excluding hydrogens is 378 g/mol. The highest BCUT2D eigenvalue weighted by Gasteiger charge is 2.49. The number of nitrogens with one attached hydrogen (secondary N) is 1. The first-order valence-electron chi connectivity index (χ1n) is 8.65. The lowest BCUT2D eigenvalue weighted by Gasteiger charge is -2.21. The third kappa shape index (κ3) is 3.20. The minimum Gasteiger partial charge on any atom is -0.334 e. The topological polar surface area (TPSA) is 131 Å². The molecule has 0 bridgehead atoms. The molecule has 4 rings (SSSR count). The molecule has 0 radical (unpaired) electrons. The van der Waals surface area contributed by atoms with E-state index in [4.69, 9.17) is 4.52 Å². The zero-order chi connectivity index (χ0) is 20.6. The Labute approximate surface area is 164 Å². The van der Waals surface area contributed by atoms with Crippen molar-refractivity contribution in [2.45, 2.75) is 19.0 Å². The number of nitrogens with zero attached hydrogens (tertiary/aromatic N) is 4. The van der Waals surface area contributed by atoms with Gasteiger partial charge in [0.15, 0.2) is 5.82 Å². The molecule has 2 aromatic carbocycles. The Balaban J connectivity index is 1.58. The third-order valence-corrected chi connectivity index (χ3v) is 4.70. The molecule has 1 aromatic heterocycles. The molecule has 1 aliphatic heterocycles. The van der Waals surface area contributed by atoms with Crippen LogP contribution >= 0.6 is 0 Å². The van der Waals surface area contributed by atoms with E-state index < -0.39 is 22.4 Å². The van der Waals surface area contributed by atoms with Crippen LogP contribution in [0.2, 0.25) is 0 Å². The number of imide groups is 1. The number of aromatic nitrogens is 2. The number of urea groups is 1. The fraction of sp³-hybridized carbons (Fsp3) is 0.158. The van der Waals surface area contributed by atoms with Gasteiger partial charge < -0.3 is 9.84 Å². The van der Waals surface area contributed by atoms with Crippen molar-refractivity contribution in [3.8, 4) is 11.5 Å². The number of carbonyl (C=O) groups excluding carboxylic acids is 2. The number of benzene rings is 2. The van der Waals surface area contributed by atoms with E-state index in [1.165, 1.54) is 25.1 Å². The molecular formula is C19H15N5O5. The number of hydrogen-bond donors (Lipinski definition) is 1. The molecule has 3 amide bonds. The number of hydrogen-bond acceptors (Lipinski definition) is 7. The van der Waals surface area contributed by atoms with Crippen LogP contribution in [0.25, 0.3) is 11.5 Å². The van der Waals surface area contributed by atoms with Crippen LogP contribution in [0.4, 0.5) is 10.5 Å². The first-order chi connectivity index (χ1) is 13.9. The van der Waals surface area contributed by atoms with E-state index in [0.29, 0.717) is 11.1 Å². The minimum absolute atomic E-state index is 0.163.